The highest BCUT2D eigenvalue weighted by Gasteiger charge is 2.46. The normalized spacial score (nSPS) is 21.6. The van der Waals surface area contributed by atoms with E-state index in [1.54, 1.807) is 16.3 Å². The van der Waals surface area contributed by atoms with Crippen LogP contribution in [0.15, 0.2) is 34.0 Å². The maximum atomic E-state index is 12.0. The zero-order valence-electron chi connectivity index (χ0n) is 10.7. The fourth-order valence-electron chi connectivity index (χ4n) is 2.23. The van der Waals surface area contributed by atoms with Gasteiger partial charge in [0, 0.05) is 36.2 Å². The maximum absolute atomic E-state index is 12.0. The number of hydrogen-bond donors (Lipinski definition) is 1. The molecule has 0 aromatic carbocycles. The first kappa shape index (κ1) is 13.3. The smallest absolute Gasteiger partial charge is 0.264 e. The van der Waals surface area contributed by atoms with Gasteiger partial charge in [0.05, 0.1) is 4.90 Å². The summed E-state index contributed by atoms with van der Waals surface area (Å²) < 4.78 is 27.8. The van der Waals surface area contributed by atoms with Gasteiger partial charge in [0.1, 0.15) is 0 Å². The summed E-state index contributed by atoms with van der Waals surface area (Å²) in [5.41, 5.74) is 0.957. The van der Waals surface area contributed by atoms with Gasteiger partial charge < -0.3 is 0 Å². The van der Waals surface area contributed by atoms with Gasteiger partial charge in [0.2, 0.25) is 5.91 Å². The monoisotopic (exact) mass is 311 g/mol. The predicted molar refractivity (Wildman–Crippen MR) is 73.7 cm³/mol. The molecule has 1 amide bonds. The van der Waals surface area contributed by atoms with Crippen LogP contribution in [0, 0.1) is 5.92 Å². The molecule has 1 fully saturated rings. The Kier molecular flexibility index (Phi) is 3.14. The third-order valence-electron chi connectivity index (χ3n) is 3.41. The molecule has 1 aliphatic carbocycles. The van der Waals surface area contributed by atoms with Crippen LogP contribution in [0.1, 0.15) is 18.0 Å². The van der Waals surface area contributed by atoms with Crippen molar-refractivity contribution in [2.24, 2.45) is 13.0 Å². The largest absolute Gasteiger partial charge is 0.274 e. The van der Waals surface area contributed by atoms with Crippen LogP contribution in [0.4, 0.5) is 0 Å². The van der Waals surface area contributed by atoms with Crippen molar-refractivity contribution in [2.45, 2.75) is 17.2 Å². The van der Waals surface area contributed by atoms with Crippen LogP contribution >= 0.6 is 11.3 Å². The van der Waals surface area contributed by atoms with Gasteiger partial charge in [0.15, 0.2) is 0 Å². The first-order valence-electron chi connectivity index (χ1n) is 6.06. The van der Waals surface area contributed by atoms with Crippen LogP contribution < -0.4 is 4.72 Å². The number of carbonyl (C=O) groups is 1. The molecule has 0 bridgehead atoms. The van der Waals surface area contributed by atoms with Gasteiger partial charge in [-0.15, -0.1) is 0 Å². The third-order valence-corrected chi connectivity index (χ3v) is 5.58. The highest BCUT2D eigenvalue weighted by atomic mass is 32.2. The van der Waals surface area contributed by atoms with E-state index in [2.05, 4.69) is 9.82 Å². The first-order chi connectivity index (χ1) is 9.49. The Labute approximate surface area is 120 Å². The third kappa shape index (κ3) is 2.36. The van der Waals surface area contributed by atoms with Crippen LogP contribution in [-0.2, 0) is 21.9 Å². The van der Waals surface area contributed by atoms with Gasteiger partial charge >= 0.3 is 0 Å². The minimum absolute atomic E-state index is 0.0557. The van der Waals surface area contributed by atoms with Crippen molar-refractivity contribution in [1.82, 2.24) is 14.5 Å². The summed E-state index contributed by atoms with van der Waals surface area (Å²) in [6.45, 7) is 0. The molecule has 0 saturated heterocycles. The van der Waals surface area contributed by atoms with Crippen molar-refractivity contribution in [1.29, 1.82) is 0 Å². The van der Waals surface area contributed by atoms with E-state index in [1.807, 2.05) is 13.1 Å². The molecular weight excluding hydrogens is 298 g/mol. The number of nitrogens with zero attached hydrogens (tertiary/aromatic N) is 2. The van der Waals surface area contributed by atoms with Gasteiger partial charge in [-0.05, 0) is 23.9 Å². The molecular formula is C12H13N3O3S2. The van der Waals surface area contributed by atoms with Crippen LogP contribution in [-0.4, -0.2) is 24.1 Å². The lowest BCUT2D eigenvalue weighted by molar-refractivity contribution is -0.120. The number of nitrogens with one attached hydrogen (secondary N) is 1. The lowest BCUT2D eigenvalue weighted by atomic mass is 10.2. The van der Waals surface area contributed by atoms with E-state index in [4.69, 9.17) is 0 Å². The van der Waals surface area contributed by atoms with Crippen molar-refractivity contribution in [3.63, 3.8) is 0 Å². The van der Waals surface area contributed by atoms with Crippen LogP contribution in [0.5, 0.6) is 0 Å². The summed E-state index contributed by atoms with van der Waals surface area (Å²) in [5.74, 6) is -0.679. The molecule has 2 aromatic rings. The Morgan fingerprint density at radius 3 is 2.90 bits per heavy atom. The molecule has 20 heavy (non-hydrogen) atoms. The number of carbonyl (C=O) groups excluding carboxylic acids is 1. The van der Waals surface area contributed by atoms with E-state index in [1.165, 1.54) is 22.8 Å². The number of aryl methyl sites for hydroxylation is 1. The highest BCUT2D eigenvalue weighted by Crippen LogP contribution is 2.47. The number of aromatic nitrogens is 2. The van der Waals surface area contributed by atoms with Crippen LogP contribution in [0.3, 0.4) is 0 Å². The summed E-state index contributed by atoms with van der Waals surface area (Å²) in [6.07, 6.45) is 2.33. The minimum atomic E-state index is -3.74. The van der Waals surface area contributed by atoms with Gasteiger partial charge in [0.25, 0.3) is 10.0 Å². The lowest BCUT2D eigenvalue weighted by Gasteiger charge is -2.05. The standard InChI is InChI=1S/C12H13N3O3S2/c1-15-11(2-4-13-15)9-6-10(9)12(16)14-20(17,18)8-3-5-19-7-8/h2-5,7,9-10H,6H2,1H3,(H,14,16)/t9-,10-/m1/s1. The van der Waals surface area contributed by atoms with Crippen molar-refractivity contribution in [3.05, 3.63) is 34.8 Å². The van der Waals surface area contributed by atoms with Gasteiger partial charge in [-0.1, -0.05) is 0 Å². The average Bonchev–Trinajstić information content (AvgIpc) is 2.81. The summed E-state index contributed by atoms with van der Waals surface area (Å²) in [5, 5.41) is 7.22. The van der Waals surface area contributed by atoms with Crippen molar-refractivity contribution in [2.75, 3.05) is 0 Å². The molecule has 106 valence electrons. The Bertz CT molecular complexity index is 734. The number of hydrogen-bond acceptors (Lipinski definition) is 5. The fraction of sp³-hybridized carbons (Fsp3) is 0.333. The quantitative estimate of drug-likeness (QED) is 0.916. The van der Waals surface area contributed by atoms with E-state index in [9.17, 15) is 13.2 Å². The summed E-state index contributed by atoms with van der Waals surface area (Å²) in [6, 6.07) is 3.33. The van der Waals surface area contributed by atoms with Crippen LogP contribution in [0.25, 0.3) is 0 Å². The van der Waals surface area contributed by atoms with E-state index < -0.39 is 15.9 Å². The molecule has 6 nitrogen and oxygen atoms in total. The molecule has 0 radical (unpaired) electrons. The van der Waals surface area contributed by atoms with E-state index in [0.717, 1.165) is 5.69 Å². The summed E-state index contributed by atoms with van der Waals surface area (Å²) in [4.78, 5) is 12.1. The van der Waals surface area contributed by atoms with E-state index in [-0.39, 0.29) is 16.7 Å². The van der Waals surface area contributed by atoms with Gasteiger partial charge in [-0.25, -0.2) is 13.1 Å². The second-order valence-corrected chi connectivity index (χ2v) is 7.22. The SMILES string of the molecule is Cn1nccc1[C@@H]1C[C@H]1C(=O)NS(=O)(=O)c1ccsc1. The molecule has 2 heterocycles. The summed E-state index contributed by atoms with van der Waals surface area (Å²) in [7, 11) is -1.92. The van der Waals surface area contributed by atoms with Gasteiger partial charge in [-0.2, -0.15) is 16.4 Å². The van der Waals surface area contributed by atoms with Crippen molar-refractivity contribution >= 4 is 27.3 Å². The topological polar surface area (TPSA) is 81.1 Å². The molecule has 1 aliphatic rings. The molecule has 1 N–H and O–H groups in total. The molecule has 2 atom stereocenters. The Hall–Kier alpha value is -1.67. The number of thiophene rings is 1. The number of rotatable bonds is 4. The molecule has 0 aliphatic heterocycles. The molecule has 0 spiro atoms. The lowest BCUT2D eigenvalue weighted by Crippen LogP contribution is -2.31. The minimum Gasteiger partial charge on any atom is -0.274 e. The van der Waals surface area contributed by atoms with E-state index >= 15 is 0 Å². The fourth-order valence-corrected chi connectivity index (χ4v) is 4.29. The number of sulfonamides is 1. The predicted octanol–water partition coefficient (Wildman–Crippen LogP) is 1.09. The number of amides is 1. The Morgan fingerprint density at radius 1 is 1.50 bits per heavy atom. The molecule has 3 rings (SSSR count). The highest BCUT2D eigenvalue weighted by molar-refractivity contribution is 7.90. The first-order valence-corrected chi connectivity index (χ1v) is 8.48. The summed E-state index contributed by atoms with van der Waals surface area (Å²) >= 11 is 1.28. The molecule has 1 saturated carbocycles. The van der Waals surface area contributed by atoms with Crippen LogP contribution in [0.2, 0.25) is 0 Å². The van der Waals surface area contributed by atoms with Gasteiger partial charge in [-0.3, -0.25) is 9.48 Å². The molecule has 0 unspecified atom stereocenters. The molecule has 2 aromatic heterocycles. The average molecular weight is 311 g/mol. The van der Waals surface area contributed by atoms with Crippen molar-refractivity contribution in [3.8, 4) is 0 Å². The van der Waals surface area contributed by atoms with Crippen molar-refractivity contribution < 1.29 is 13.2 Å². The van der Waals surface area contributed by atoms with E-state index in [0.29, 0.717) is 6.42 Å². The second kappa shape index (κ2) is 4.71. The zero-order valence-corrected chi connectivity index (χ0v) is 12.3. The Balaban J connectivity index is 1.69. The molecule has 8 heteroatoms. The maximum Gasteiger partial charge on any atom is 0.264 e. The second-order valence-electron chi connectivity index (χ2n) is 4.76. The zero-order chi connectivity index (χ0) is 14.3. The Morgan fingerprint density at radius 2 is 2.30 bits per heavy atom.